The number of ether oxygens (including phenoxy) is 1. The van der Waals surface area contributed by atoms with Gasteiger partial charge in [-0.2, -0.15) is 0 Å². The SMILES string of the molecule is COCCOB(O)O.[KH]. The maximum absolute atomic E-state index is 8.06. The molecule has 0 aromatic rings. The van der Waals surface area contributed by atoms with Crippen molar-refractivity contribution in [2.75, 3.05) is 20.3 Å². The van der Waals surface area contributed by atoms with Crippen LogP contribution in [0.3, 0.4) is 0 Å². The molecule has 9 heavy (non-hydrogen) atoms. The van der Waals surface area contributed by atoms with Crippen molar-refractivity contribution in [2.24, 2.45) is 0 Å². The Hall–Kier alpha value is 1.54. The average molecular weight is 160 g/mol. The van der Waals surface area contributed by atoms with E-state index in [2.05, 4.69) is 9.39 Å². The Kier molecular flexibility index (Phi) is 13.9. The minimum atomic E-state index is -1.68. The third-order valence-electron chi connectivity index (χ3n) is 0.554. The van der Waals surface area contributed by atoms with E-state index >= 15 is 0 Å². The zero-order valence-corrected chi connectivity index (χ0v) is 4.70. The third kappa shape index (κ3) is 12.7. The molecule has 0 aliphatic carbocycles. The molecule has 0 aromatic carbocycles. The second-order valence-electron chi connectivity index (χ2n) is 1.19. The first-order chi connectivity index (χ1) is 3.77. The van der Waals surface area contributed by atoms with Gasteiger partial charge in [-0.15, -0.1) is 0 Å². The summed E-state index contributed by atoms with van der Waals surface area (Å²) in [5.74, 6) is 0. The van der Waals surface area contributed by atoms with E-state index in [0.717, 1.165) is 0 Å². The van der Waals surface area contributed by atoms with Crippen LogP contribution in [0.4, 0.5) is 0 Å². The number of hydrogen-bond donors (Lipinski definition) is 2. The molecule has 0 bridgehead atoms. The first-order valence-corrected chi connectivity index (χ1v) is 2.24. The van der Waals surface area contributed by atoms with E-state index in [1.54, 1.807) is 0 Å². The molecule has 0 atom stereocenters. The molecular formula is C3H10BKO4. The minimum absolute atomic E-state index is 0. The topological polar surface area (TPSA) is 58.9 Å². The number of methoxy groups -OCH3 is 1. The first-order valence-electron chi connectivity index (χ1n) is 2.24. The van der Waals surface area contributed by atoms with Crippen LogP contribution in [0.5, 0.6) is 0 Å². The summed E-state index contributed by atoms with van der Waals surface area (Å²) < 4.78 is 8.81. The third-order valence-corrected chi connectivity index (χ3v) is 0.554. The van der Waals surface area contributed by atoms with Gasteiger partial charge in [-0.1, -0.05) is 0 Å². The van der Waals surface area contributed by atoms with Crippen molar-refractivity contribution < 1.29 is 19.4 Å². The molecule has 50 valence electrons. The normalized spacial score (nSPS) is 8.33. The van der Waals surface area contributed by atoms with Gasteiger partial charge >= 0.3 is 58.7 Å². The molecule has 4 nitrogen and oxygen atoms in total. The van der Waals surface area contributed by atoms with Crippen LogP contribution in [0.25, 0.3) is 0 Å². The van der Waals surface area contributed by atoms with Crippen molar-refractivity contribution in [1.29, 1.82) is 0 Å². The van der Waals surface area contributed by atoms with Gasteiger partial charge in [0, 0.05) is 7.11 Å². The Balaban J connectivity index is 0. The quantitative estimate of drug-likeness (QED) is 0.368. The van der Waals surface area contributed by atoms with Gasteiger partial charge in [-0.25, -0.2) is 0 Å². The molecule has 2 N–H and O–H groups in total. The van der Waals surface area contributed by atoms with Crippen molar-refractivity contribution in [3.8, 4) is 0 Å². The average Bonchev–Trinajstić information content (AvgIpc) is 1.66. The van der Waals surface area contributed by atoms with E-state index in [1.165, 1.54) is 7.11 Å². The van der Waals surface area contributed by atoms with Crippen LogP contribution in [0.15, 0.2) is 0 Å². The van der Waals surface area contributed by atoms with Crippen molar-refractivity contribution in [3.63, 3.8) is 0 Å². The fourth-order valence-electron chi connectivity index (χ4n) is 0.237. The second kappa shape index (κ2) is 9.54. The molecule has 0 aliphatic heterocycles. The summed E-state index contributed by atoms with van der Waals surface area (Å²) in [6.07, 6.45) is 0. The molecule has 0 spiro atoms. The van der Waals surface area contributed by atoms with Gasteiger partial charge in [-0.3, -0.25) is 0 Å². The van der Waals surface area contributed by atoms with Gasteiger partial charge in [0.25, 0.3) is 0 Å². The summed E-state index contributed by atoms with van der Waals surface area (Å²) in [5, 5.41) is 16.1. The first kappa shape index (κ1) is 13.2. The van der Waals surface area contributed by atoms with Crippen LogP contribution >= 0.6 is 0 Å². The molecule has 6 heteroatoms. The van der Waals surface area contributed by atoms with Crippen molar-refractivity contribution in [2.45, 2.75) is 0 Å². The van der Waals surface area contributed by atoms with Gasteiger partial charge < -0.3 is 19.4 Å². The predicted molar refractivity (Wildman–Crippen MR) is 35.2 cm³/mol. The summed E-state index contributed by atoms with van der Waals surface area (Å²) in [6.45, 7) is 0.575. The summed E-state index contributed by atoms with van der Waals surface area (Å²) in [4.78, 5) is 0. The molecule has 0 saturated carbocycles. The molecule has 0 heterocycles. The van der Waals surface area contributed by atoms with Gasteiger partial charge in [0.15, 0.2) is 0 Å². The summed E-state index contributed by atoms with van der Waals surface area (Å²) in [7, 11) is -0.169. The summed E-state index contributed by atoms with van der Waals surface area (Å²) >= 11 is 0. The van der Waals surface area contributed by atoms with Crippen molar-refractivity contribution in [3.05, 3.63) is 0 Å². The molecule has 0 radical (unpaired) electrons. The zero-order valence-electron chi connectivity index (χ0n) is 4.70. The molecule has 0 fully saturated rings. The van der Waals surface area contributed by atoms with Crippen LogP contribution in [0, 0.1) is 0 Å². The monoisotopic (exact) mass is 160 g/mol. The number of hydrogen-bond acceptors (Lipinski definition) is 4. The maximum atomic E-state index is 8.06. The molecule has 0 saturated heterocycles. The molecule has 0 rings (SSSR count). The zero-order chi connectivity index (χ0) is 6.41. The van der Waals surface area contributed by atoms with E-state index in [4.69, 9.17) is 10.0 Å². The van der Waals surface area contributed by atoms with Crippen LogP contribution < -0.4 is 0 Å². The second-order valence-corrected chi connectivity index (χ2v) is 1.19. The summed E-state index contributed by atoms with van der Waals surface area (Å²) in [5.41, 5.74) is 0. The van der Waals surface area contributed by atoms with Crippen molar-refractivity contribution in [1.82, 2.24) is 0 Å². The van der Waals surface area contributed by atoms with Gasteiger partial charge in [0.2, 0.25) is 0 Å². The van der Waals surface area contributed by atoms with Gasteiger partial charge in [-0.05, 0) is 0 Å². The fraction of sp³-hybridized carbons (Fsp3) is 1.00. The van der Waals surface area contributed by atoms with E-state index < -0.39 is 7.32 Å². The molecule has 0 aromatic heterocycles. The van der Waals surface area contributed by atoms with Gasteiger partial charge in [0.05, 0.1) is 13.2 Å². The van der Waals surface area contributed by atoms with Crippen molar-refractivity contribution >= 4 is 58.7 Å². The standard InChI is InChI=1S/C3H9BO4.K.H/c1-7-2-3-8-4(5)6;;/h5-6H,2-3H2,1H3;;. The van der Waals surface area contributed by atoms with E-state index in [1.807, 2.05) is 0 Å². The Morgan fingerprint density at radius 2 is 1.89 bits per heavy atom. The van der Waals surface area contributed by atoms with Crippen LogP contribution in [0.2, 0.25) is 0 Å². The molecule has 0 amide bonds. The predicted octanol–water partition coefficient (Wildman–Crippen LogP) is -2.03. The van der Waals surface area contributed by atoms with Crippen LogP contribution in [-0.4, -0.2) is 89.1 Å². The fourth-order valence-corrected chi connectivity index (χ4v) is 0.237. The Labute approximate surface area is 97.1 Å². The Morgan fingerprint density at radius 3 is 2.22 bits per heavy atom. The van der Waals surface area contributed by atoms with Crippen LogP contribution in [0.1, 0.15) is 0 Å². The van der Waals surface area contributed by atoms with Gasteiger partial charge in [0.1, 0.15) is 0 Å². The van der Waals surface area contributed by atoms with E-state index in [9.17, 15) is 0 Å². The Bertz CT molecular complexity index is 53.1. The Morgan fingerprint density at radius 1 is 1.33 bits per heavy atom. The van der Waals surface area contributed by atoms with E-state index in [-0.39, 0.29) is 58.0 Å². The van der Waals surface area contributed by atoms with E-state index in [0.29, 0.717) is 6.61 Å². The number of rotatable bonds is 4. The molecule has 0 unspecified atom stereocenters. The molecular weight excluding hydrogens is 150 g/mol. The molecule has 0 aliphatic rings. The van der Waals surface area contributed by atoms with Crippen LogP contribution in [-0.2, 0) is 9.39 Å². The summed E-state index contributed by atoms with van der Waals surface area (Å²) in [6, 6.07) is 0.